The summed E-state index contributed by atoms with van der Waals surface area (Å²) in [6.07, 6.45) is 3.78. The highest BCUT2D eigenvalue weighted by molar-refractivity contribution is 9.09. The number of carbonyl (C=O) groups excluding carboxylic acids is 1. The molecule has 0 aliphatic carbocycles. The average Bonchev–Trinajstić information content (AvgIpc) is 2.02. The molecule has 13 heavy (non-hydrogen) atoms. The van der Waals surface area contributed by atoms with Crippen molar-refractivity contribution in [3.05, 3.63) is 0 Å². The molecular formula is C10H15BrO2. The first-order valence-corrected chi connectivity index (χ1v) is 5.35. The van der Waals surface area contributed by atoms with Crippen LogP contribution in [0.5, 0.6) is 0 Å². The number of hydrogen-bond acceptors (Lipinski definition) is 2. The summed E-state index contributed by atoms with van der Waals surface area (Å²) in [5.74, 6) is 5.69. The monoisotopic (exact) mass is 246 g/mol. The molecule has 0 saturated heterocycles. The van der Waals surface area contributed by atoms with Crippen molar-refractivity contribution >= 4 is 21.9 Å². The van der Waals surface area contributed by atoms with Crippen LogP contribution in [0, 0.1) is 11.8 Å². The second kappa shape index (κ2) is 8.12. The molecule has 0 fully saturated rings. The quantitative estimate of drug-likeness (QED) is 0.330. The van der Waals surface area contributed by atoms with Crippen LogP contribution in [0.3, 0.4) is 0 Å². The van der Waals surface area contributed by atoms with Crippen molar-refractivity contribution in [2.45, 2.75) is 44.5 Å². The number of alkyl halides is 1. The maximum atomic E-state index is 10.5. The van der Waals surface area contributed by atoms with E-state index >= 15 is 0 Å². The molecule has 1 unspecified atom stereocenters. The van der Waals surface area contributed by atoms with Crippen molar-refractivity contribution < 1.29 is 9.53 Å². The van der Waals surface area contributed by atoms with Gasteiger partial charge in [0, 0.05) is 13.3 Å². The number of unbranched alkanes of at least 4 members (excludes halogenated alkanes) is 2. The highest BCUT2D eigenvalue weighted by Gasteiger charge is 2.03. The van der Waals surface area contributed by atoms with E-state index in [-0.39, 0.29) is 11.0 Å². The summed E-state index contributed by atoms with van der Waals surface area (Å²) in [6.45, 7) is 3.52. The average molecular weight is 247 g/mol. The molecule has 0 aliphatic rings. The number of halogens is 1. The van der Waals surface area contributed by atoms with Gasteiger partial charge in [0.25, 0.3) is 0 Å². The largest absolute Gasteiger partial charge is 0.450 e. The van der Waals surface area contributed by atoms with Crippen LogP contribution >= 0.6 is 15.9 Å². The van der Waals surface area contributed by atoms with Crippen molar-refractivity contribution in [1.29, 1.82) is 0 Å². The summed E-state index contributed by atoms with van der Waals surface area (Å²) in [6, 6.07) is 0. The Morgan fingerprint density at radius 2 is 2.23 bits per heavy atom. The molecule has 0 N–H and O–H groups in total. The van der Waals surface area contributed by atoms with Crippen LogP contribution in [0.1, 0.15) is 39.5 Å². The van der Waals surface area contributed by atoms with Crippen LogP contribution in [-0.2, 0) is 9.53 Å². The summed E-state index contributed by atoms with van der Waals surface area (Å²) in [7, 11) is 0. The van der Waals surface area contributed by atoms with Gasteiger partial charge in [-0.2, -0.15) is 0 Å². The van der Waals surface area contributed by atoms with Crippen molar-refractivity contribution in [3.8, 4) is 11.8 Å². The lowest BCUT2D eigenvalue weighted by Crippen LogP contribution is -2.07. The summed E-state index contributed by atoms with van der Waals surface area (Å²) >= 11 is 3.20. The highest BCUT2D eigenvalue weighted by Crippen LogP contribution is 2.06. The zero-order valence-electron chi connectivity index (χ0n) is 8.10. The van der Waals surface area contributed by atoms with Gasteiger partial charge < -0.3 is 4.74 Å². The summed E-state index contributed by atoms with van der Waals surface area (Å²) < 4.78 is 4.83. The first-order chi connectivity index (χ1) is 6.16. The van der Waals surface area contributed by atoms with Gasteiger partial charge in [-0.25, -0.2) is 0 Å². The van der Waals surface area contributed by atoms with Crippen LogP contribution in [-0.4, -0.2) is 11.0 Å². The second-order valence-electron chi connectivity index (χ2n) is 2.68. The fourth-order valence-corrected chi connectivity index (χ4v) is 1.15. The number of carbonyl (C=O) groups is 1. The van der Waals surface area contributed by atoms with Gasteiger partial charge in [0.1, 0.15) is 0 Å². The van der Waals surface area contributed by atoms with Crippen LogP contribution in [0.15, 0.2) is 0 Å². The Morgan fingerprint density at radius 1 is 1.54 bits per heavy atom. The Kier molecular flexibility index (Phi) is 7.82. The molecule has 0 rings (SSSR count). The predicted molar refractivity (Wildman–Crippen MR) is 56.4 cm³/mol. The predicted octanol–water partition coefficient (Wildman–Crippen LogP) is 2.85. The Balaban J connectivity index is 3.48. The number of hydrogen-bond donors (Lipinski definition) is 0. The third kappa shape index (κ3) is 9.42. The van der Waals surface area contributed by atoms with E-state index in [1.165, 1.54) is 6.92 Å². The molecule has 0 heterocycles. The van der Waals surface area contributed by atoms with Gasteiger partial charge in [-0.3, -0.25) is 4.79 Å². The summed E-state index contributed by atoms with van der Waals surface area (Å²) in [5.41, 5.74) is 0. The fourth-order valence-electron chi connectivity index (χ4n) is 0.728. The van der Waals surface area contributed by atoms with E-state index in [0.29, 0.717) is 6.42 Å². The van der Waals surface area contributed by atoms with Crippen molar-refractivity contribution in [3.63, 3.8) is 0 Å². The molecule has 2 nitrogen and oxygen atoms in total. The SMILES string of the molecule is CCCCC#CCC(Br)OC(C)=O. The second-order valence-corrected chi connectivity index (χ2v) is 3.70. The third-order valence-corrected chi connectivity index (χ3v) is 1.85. The van der Waals surface area contributed by atoms with Crippen molar-refractivity contribution in [1.82, 2.24) is 0 Å². The smallest absolute Gasteiger partial charge is 0.303 e. The lowest BCUT2D eigenvalue weighted by molar-refractivity contribution is -0.141. The van der Waals surface area contributed by atoms with Gasteiger partial charge in [-0.05, 0) is 22.4 Å². The maximum Gasteiger partial charge on any atom is 0.303 e. The Bertz CT molecular complexity index is 203. The van der Waals surface area contributed by atoms with E-state index in [2.05, 4.69) is 34.7 Å². The molecular weight excluding hydrogens is 232 g/mol. The van der Waals surface area contributed by atoms with Crippen LogP contribution in [0.25, 0.3) is 0 Å². The topological polar surface area (TPSA) is 26.3 Å². The highest BCUT2D eigenvalue weighted by atomic mass is 79.9. The standard InChI is InChI=1S/C10H15BrO2/c1-3-4-5-6-7-8-10(11)13-9(2)12/h10H,3-5,8H2,1-2H3. The molecule has 74 valence electrons. The molecule has 1 atom stereocenters. The zero-order valence-corrected chi connectivity index (χ0v) is 9.69. The lowest BCUT2D eigenvalue weighted by Gasteiger charge is -2.04. The fraction of sp³-hybridized carbons (Fsp3) is 0.700. The maximum absolute atomic E-state index is 10.5. The molecule has 3 heteroatoms. The van der Waals surface area contributed by atoms with Crippen LogP contribution in [0.2, 0.25) is 0 Å². The van der Waals surface area contributed by atoms with Crippen molar-refractivity contribution in [2.75, 3.05) is 0 Å². The van der Waals surface area contributed by atoms with Crippen LogP contribution in [0.4, 0.5) is 0 Å². The van der Waals surface area contributed by atoms with Gasteiger partial charge in [0.2, 0.25) is 0 Å². The van der Waals surface area contributed by atoms with Gasteiger partial charge in [-0.15, -0.1) is 5.92 Å². The van der Waals surface area contributed by atoms with Gasteiger partial charge in [-0.1, -0.05) is 19.3 Å². The zero-order chi connectivity index (χ0) is 10.1. The molecule has 0 aromatic heterocycles. The molecule has 0 amide bonds. The molecule has 0 spiro atoms. The minimum Gasteiger partial charge on any atom is -0.450 e. The Morgan fingerprint density at radius 3 is 2.77 bits per heavy atom. The normalized spacial score (nSPS) is 11.3. The molecule has 0 aromatic carbocycles. The first kappa shape index (κ1) is 12.5. The molecule has 0 bridgehead atoms. The van der Waals surface area contributed by atoms with Gasteiger partial charge in [0.15, 0.2) is 5.01 Å². The minimum atomic E-state index is -0.280. The lowest BCUT2D eigenvalue weighted by atomic mass is 10.2. The molecule has 0 aliphatic heterocycles. The molecule has 0 radical (unpaired) electrons. The van der Waals surface area contributed by atoms with E-state index in [9.17, 15) is 4.79 Å². The first-order valence-electron chi connectivity index (χ1n) is 4.43. The minimum absolute atomic E-state index is 0.265. The van der Waals surface area contributed by atoms with E-state index < -0.39 is 0 Å². The third-order valence-electron chi connectivity index (χ3n) is 1.34. The van der Waals surface area contributed by atoms with E-state index in [4.69, 9.17) is 4.74 Å². The number of esters is 1. The van der Waals surface area contributed by atoms with E-state index in [0.717, 1.165) is 19.3 Å². The number of rotatable bonds is 4. The molecule has 0 aromatic rings. The van der Waals surface area contributed by atoms with E-state index in [1.807, 2.05) is 0 Å². The summed E-state index contributed by atoms with van der Waals surface area (Å²) in [4.78, 5) is 10.5. The van der Waals surface area contributed by atoms with E-state index in [1.54, 1.807) is 0 Å². The number of ether oxygens (including phenoxy) is 1. The summed E-state index contributed by atoms with van der Waals surface area (Å²) in [5, 5.41) is -0.265. The van der Waals surface area contributed by atoms with Gasteiger partial charge >= 0.3 is 5.97 Å². The van der Waals surface area contributed by atoms with Crippen molar-refractivity contribution in [2.24, 2.45) is 0 Å². The Hall–Kier alpha value is -0.490. The van der Waals surface area contributed by atoms with Gasteiger partial charge in [0.05, 0.1) is 6.42 Å². The Labute approximate surface area is 88.2 Å². The molecule has 0 saturated carbocycles. The van der Waals surface area contributed by atoms with Crippen LogP contribution < -0.4 is 0 Å².